The maximum Gasteiger partial charge on any atom is 0.274 e. The molecule has 0 bridgehead atoms. The third-order valence-electron chi connectivity index (χ3n) is 6.16. The fourth-order valence-electron chi connectivity index (χ4n) is 4.55. The van der Waals surface area contributed by atoms with E-state index in [9.17, 15) is 9.90 Å². The standard InChI is InChI=1S/C22H27N7O2/c1-2-28-9-8-18(25-28)22(31)26-10-11-29-20(15-26)23-24-21(29)19-12-17(30)14-27(19)13-16-6-4-3-5-7-16/h3-9,17,19,30H,2,10-15H2,1H3/t17-,19-/m0/s1. The Hall–Kier alpha value is -3.04. The van der Waals surface area contributed by atoms with Gasteiger partial charge in [0.15, 0.2) is 11.6 Å². The molecule has 2 aliphatic heterocycles. The minimum atomic E-state index is -0.378. The van der Waals surface area contributed by atoms with E-state index in [0.29, 0.717) is 38.3 Å². The molecule has 0 spiro atoms. The lowest BCUT2D eigenvalue weighted by atomic mass is 10.1. The highest BCUT2D eigenvalue weighted by Gasteiger charge is 2.37. The van der Waals surface area contributed by atoms with Gasteiger partial charge in [0.1, 0.15) is 5.69 Å². The van der Waals surface area contributed by atoms with E-state index < -0.39 is 0 Å². The second kappa shape index (κ2) is 8.24. The highest BCUT2D eigenvalue weighted by atomic mass is 16.3. The average Bonchev–Trinajstić information content (AvgIpc) is 3.51. The SMILES string of the molecule is CCn1ccc(C(=O)N2CCn3c(nnc3[C@@H]3C[C@H](O)CN3Cc3ccccc3)C2)n1. The molecule has 31 heavy (non-hydrogen) atoms. The number of hydrogen-bond acceptors (Lipinski definition) is 6. The van der Waals surface area contributed by atoms with Crippen molar-refractivity contribution in [3.8, 4) is 0 Å². The van der Waals surface area contributed by atoms with Crippen LogP contribution in [0.1, 0.15) is 47.1 Å². The Morgan fingerprint density at radius 3 is 2.77 bits per heavy atom. The average molecular weight is 422 g/mol. The summed E-state index contributed by atoms with van der Waals surface area (Å²) in [4.78, 5) is 16.9. The van der Waals surface area contributed by atoms with E-state index in [1.165, 1.54) is 5.56 Å². The molecule has 1 aromatic carbocycles. The Labute approximate surface area is 180 Å². The number of aromatic nitrogens is 5. The number of hydrogen-bond donors (Lipinski definition) is 1. The smallest absolute Gasteiger partial charge is 0.274 e. The van der Waals surface area contributed by atoms with Crippen molar-refractivity contribution in [2.75, 3.05) is 13.1 Å². The molecule has 4 heterocycles. The van der Waals surface area contributed by atoms with Crippen LogP contribution in [-0.2, 0) is 26.2 Å². The van der Waals surface area contributed by atoms with E-state index in [1.807, 2.05) is 31.3 Å². The van der Waals surface area contributed by atoms with Crippen molar-refractivity contribution < 1.29 is 9.90 Å². The third-order valence-corrected chi connectivity index (χ3v) is 6.16. The summed E-state index contributed by atoms with van der Waals surface area (Å²) in [6, 6.07) is 12.1. The van der Waals surface area contributed by atoms with Crippen LogP contribution >= 0.6 is 0 Å². The monoisotopic (exact) mass is 421 g/mol. The molecule has 5 rings (SSSR count). The molecule has 1 saturated heterocycles. The molecule has 9 heteroatoms. The van der Waals surface area contributed by atoms with Gasteiger partial charge in [-0.05, 0) is 25.0 Å². The molecule has 1 N–H and O–H groups in total. The minimum absolute atomic E-state index is 0.0129. The number of benzene rings is 1. The van der Waals surface area contributed by atoms with Gasteiger partial charge in [0.2, 0.25) is 0 Å². The van der Waals surface area contributed by atoms with Gasteiger partial charge in [-0.3, -0.25) is 14.4 Å². The summed E-state index contributed by atoms with van der Waals surface area (Å²) in [5, 5.41) is 23.6. The molecule has 162 valence electrons. The normalized spacial score (nSPS) is 21.4. The first-order valence-corrected chi connectivity index (χ1v) is 10.8. The van der Waals surface area contributed by atoms with Gasteiger partial charge in [-0.2, -0.15) is 5.10 Å². The van der Waals surface area contributed by atoms with Crippen molar-refractivity contribution in [1.29, 1.82) is 0 Å². The lowest BCUT2D eigenvalue weighted by Crippen LogP contribution is -2.39. The summed E-state index contributed by atoms with van der Waals surface area (Å²) in [5.74, 6) is 1.58. The number of likely N-dealkylation sites (tertiary alicyclic amines) is 1. The number of fused-ring (bicyclic) bond motifs is 1. The van der Waals surface area contributed by atoms with Crippen molar-refractivity contribution in [2.24, 2.45) is 0 Å². The number of amides is 1. The molecule has 3 aromatic rings. The molecule has 0 saturated carbocycles. The summed E-state index contributed by atoms with van der Waals surface area (Å²) >= 11 is 0. The number of β-amino-alcohol motifs (C(OH)–C–C–N with tert-alkyl or cyclic N) is 1. The quantitative estimate of drug-likeness (QED) is 0.671. The third kappa shape index (κ3) is 3.86. The molecule has 0 aliphatic carbocycles. The van der Waals surface area contributed by atoms with Crippen LogP contribution in [0.2, 0.25) is 0 Å². The van der Waals surface area contributed by atoms with Gasteiger partial charge in [-0.15, -0.1) is 10.2 Å². The van der Waals surface area contributed by atoms with E-state index in [2.05, 4.69) is 36.9 Å². The molecule has 0 unspecified atom stereocenters. The van der Waals surface area contributed by atoms with Gasteiger partial charge in [0.25, 0.3) is 5.91 Å². The maximum atomic E-state index is 12.9. The first-order chi connectivity index (χ1) is 15.1. The second-order valence-corrected chi connectivity index (χ2v) is 8.23. The fourth-order valence-corrected chi connectivity index (χ4v) is 4.55. The lowest BCUT2D eigenvalue weighted by molar-refractivity contribution is 0.0697. The van der Waals surface area contributed by atoms with E-state index in [-0.39, 0.29) is 18.1 Å². The summed E-state index contributed by atoms with van der Waals surface area (Å²) in [5.41, 5.74) is 1.67. The van der Waals surface area contributed by atoms with Gasteiger partial charge in [0, 0.05) is 38.9 Å². The molecule has 2 atom stereocenters. The van der Waals surface area contributed by atoms with Crippen molar-refractivity contribution in [3.63, 3.8) is 0 Å². The number of aryl methyl sites for hydroxylation is 1. The summed E-state index contributed by atoms with van der Waals surface area (Å²) in [6.45, 7) is 5.75. The van der Waals surface area contributed by atoms with Crippen LogP contribution in [0.25, 0.3) is 0 Å². The van der Waals surface area contributed by atoms with Crippen LogP contribution in [0.4, 0.5) is 0 Å². The van der Waals surface area contributed by atoms with E-state index >= 15 is 0 Å². The van der Waals surface area contributed by atoms with Crippen LogP contribution < -0.4 is 0 Å². The van der Waals surface area contributed by atoms with Gasteiger partial charge in [-0.1, -0.05) is 30.3 Å². The largest absolute Gasteiger partial charge is 0.392 e. The number of carbonyl (C=O) groups is 1. The Kier molecular flexibility index (Phi) is 5.29. The highest BCUT2D eigenvalue weighted by Crippen LogP contribution is 2.33. The van der Waals surface area contributed by atoms with Crippen LogP contribution in [0.15, 0.2) is 42.6 Å². The Morgan fingerprint density at radius 1 is 1.16 bits per heavy atom. The topological polar surface area (TPSA) is 92.3 Å². The number of aliphatic hydroxyl groups is 1. The molecule has 0 radical (unpaired) electrons. The zero-order valence-electron chi connectivity index (χ0n) is 17.6. The number of carbonyl (C=O) groups excluding carboxylic acids is 1. The Morgan fingerprint density at radius 2 is 2.00 bits per heavy atom. The summed E-state index contributed by atoms with van der Waals surface area (Å²) in [7, 11) is 0. The van der Waals surface area contributed by atoms with Gasteiger partial charge in [0.05, 0.1) is 18.7 Å². The number of aliphatic hydroxyl groups excluding tert-OH is 1. The van der Waals surface area contributed by atoms with Crippen molar-refractivity contribution in [3.05, 3.63) is 65.5 Å². The number of rotatable bonds is 5. The second-order valence-electron chi connectivity index (χ2n) is 8.23. The van der Waals surface area contributed by atoms with Crippen LogP contribution in [0, 0.1) is 0 Å². The van der Waals surface area contributed by atoms with Crippen molar-refractivity contribution in [2.45, 2.75) is 51.7 Å². The van der Waals surface area contributed by atoms with Crippen molar-refractivity contribution in [1.82, 2.24) is 34.3 Å². The first kappa shape index (κ1) is 19.9. The van der Waals surface area contributed by atoms with Gasteiger partial charge < -0.3 is 14.6 Å². The lowest BCUT2D eigenvalue weighted by Gasteiger charge is -2.29. The molecule has 2 aliphatic rings. The van der Waals surface area contributed by atoms with Crippen LogP contribution in [0.3, 0.4) is 0 Å². The van der Waals surface area contributed by atoms with Gasteiger partial charge >= 0.3 is 0 Å². The number of nitrogens with zero attached hydrogens (tertiary/aromatic N) is 7. The summed E-state index contributed by atoms with van der Waals surface area (Å²) < 4.78 is 3.87. The molecule has 1 fully saturated rings. The van der Waals surface area contributed by atoms with E-state index in [4.69, 9.17) is 0 Å². The molecular weight excluding hydrogens is 394 g/mol. The zero-order chi connectivity index (χ0) is 21.4. The fraction of sp³-hybridized carbons (Fsp3) is 0.455. The predicted molar refractivity (Wildman–Crippen MR) is 113 cm³/mol. The Bertz CT molecular complexity index is 1060. The van der Waals surface area contributed by atoms with Gasteiger partial charge in [-0.25, -0.2) is 0 Å². The Balaban J connectivity index is 1.33. The van der Waals surface area contributed by atoms with Crippen molar-refractivity contribution >= 4 is 5.91 Å². The zero-order valence-corrected chi connectivity index (χ0v) is 17.6. The van der Waals surface area contributed by atoms with Crippen LogP contribution in [-0.4, -0.2) is 64.6 Å². The molecule has 2 aromatic heterocycles. The maximum absolute atomic E-state index is 12.9. The minimum Gasteiger partial charge on any atom is -0.392 e. The molecular formula is C22H27N7O2. The predicted octanol–water partition coefficient (Wildman–Crippen LogP) is 1.46. The van der Waals surface area contributed by atoms with Crippen LogP contribution in [0.5, 0.6) is 0 Å². The van der Waals surface area contributed by atoms with E-state index in [0.717, 1.165) is 24.7 Å². The molecule has 1 amide bonds. The summed E-state index contributed by atoms with van der Waals surface area (Å²) in [6.07, 6.45) is 2.09. The molecule has 9 nitrogen and oxygen atoms in total. The van der Waals surface area contributed by atoms with E-state index in [1.54, 1.807) is 15.6 Å². The highest BCUT2D eigenvalue weighted by molar-refractivity contribution is 5.92. The first-order valence-electron chi connectivity index (χ1n) is 10.8.